The molecule has 132 valence electrons. The topological polar surface area (TPSA) is 66.5 Å². The van der Waals surface area contributed by atoms with Crippen LogP contribution >= 0.6 is 15.9 Å². The van der Waals surface area contributed by atoms with Gasteiger partial charge in [-0.2, -0.15) is 0 Å². The average molecular weight is 423 g/mol. The number of carbonyl (C=O) groups is 1. The zero-order valence-corrected chi connectivity index (χ0v) is 16.7. The van der Waals surface area contributed by atoms with Gasteiger partial charge in [-0.05, 0) is 67.3 Å². The van der Waals surface area contributed by atoms with Crippen molar-refractivity contribution in [2.75, 3.05) is 16.2 Å². The Labute approximate surface area is 156 Å². The fraction of sp³-hybridized carbons (Fsp3) is 0.278. The van der Waals surface area contributed by atoms with Crippen LogP contribution in [0, 0.1) is 13.8 Å². The van der Waals surface area contributed by atoms with Crippen LogP contribution in [0.5, 0.6) is 0 Å². The van der Waals surface area contributed by atoms with Gasteiger partial charge in [0.1, 0.15) is 0 Å². The lowest BCUT2D eigenvalue weighted by Gasteiger charge is -2.16. The molecule has 1 aliphatic heterocycles. The van der Waals surface area contributed by atoms with E-state index in [2.05, 4.69) is 20.7 Å². The molecule has 0 radical (unpaired) electrons. The van der Waals surface area contributed by atoms with Gasteiger partial charge in [0.2, 0.25) is 5.91 Å². The highest BCUT2D eigenvalue weighted by atomic mass is 79.9. The minimum atomic E-state index is -3.69. The second-order valence-corrected chi connectivity index (χ2v) is 8.77. The van der Waals surface area contributed by atoms with Gasteiger partial charge in [0.05, 0.1) is 10.6 Å². The molecule has 2 aromatic rings. The van der Waals surface area contributed by atoms with Crippen molar-refractivity contribution in [2.24, 2.45) is 0 Å². The highest BCUT2D eigenvalue weighted by molar-refractivity contribution is 9.10. The van der Waals surface area contributed by atoms with Crippen molar-refractivity contribution in [1.29, 1.82) is 0 Å². The molecule has 5 nitrogen and oxygen atoms in total. The van der Waals surface area contributed by atoms with Crippen molar-refractivity contribution in [3.63, 3.8) is 0 Å². The molecule has 1 heterocycles. The van der Waals surface area contributed by atoms with E-state index >= 15 is 0 Å². The third kappa shape index (κ3) is 3.43. The molecule has 0 spiro atoms. The largest absolute Gasteiger partial charge is 0.312 e. The van der Waals surface area contributed by atoms with Gasteiger partial charge in [0, 0.05) is 23.6 Å². The highest BCUT2D eigenvalue weighted by Crippen LogP contribution is 2.31. The fourth-order valence-corrected chi connectivity index (χ4v) is 4.60. The summed E-state index contributed by atoms with van der Waals surface area (Å²) < 4.78 is 29.1. The van der Waals surface area contributed by atoms with E-state index in [0.29, 0.717) is 18.7 Å². The lowest BCUT2D eigenvalue weighted by molar-refractivity contribution is -0.116. The Morgan fingerprint density at radius 2 is 1.88 bits per heavy atom. The summed E-state index contributed by atoms with van der Waals surface area (Å²) in [5.74, 6) is -0.0338. The molecule has 0 aromatic heterocycles. The first-order chi connectivity index (χ1) is 11.7. The zero-order valence-electron chi connectivity index (χ0n) is 14.3. The van der Waals surface area contributed by atoms with Crippen molar-refractivity contribution >= 4 is 43.2 Å². The Morgan fingerprint density at radius 3 is 2.56 bits per heavy atom. The summed E-state index contributed by atoms with van der Waals surface area (Å²) in [6.07, 6.45) is 0.661. The molecular weight excluding hydrogens is 404 g/mol. The molecule has 3 rings (SSSR count). The number of aryl methyl sites for hydroxylation is 2. The van der Waals surface area contributed by atoms with E-state index in [1.807, 2.05) is 26.0 Å². The third-order valence-corrected chi connectivity index (χ3v) is 6.60. The van der Waals surface area contributed by atoms with E-state index in [-0.39, 0.29) is 10.8 Å². The van der Waals surface area contributed by atoms with Crippen LogP contribution in [-0.4, -0.2) is 20.9 Å². The number of nitrogens with one attached hydrogen (secondary N) is 1. The van der Waals surface area contributed by atoms with E-state index in [4.69, 9.17) is 0 Å². The molecule has 1 N–H and O–H groups in total. The number of anilines is 2. The summed E-state index contributed by atoms with van der Waals surface area (Å²) in [5.41, 5.74) is 4.02. The van der Waals surface area contributed by atoms with Crippen molar-refractivity contribution < 1.29 is 13.2 Å². The van der Waals surface area contributed by atoms with Gasteiger partial charge in [0.15, 0.2) is 0 Å². The van der Waals surface area contributed by atoms with Gasteiger partial charge in [-0.15, -0.1) is 0 Å². The average Bonchev–Trinajstić information content (AvgIpc) is 2.95. The molecule has 7 heteroatoms. The van der Waals surface area contributed by atoms with E-state index < -0.39 is 10.0 Å². The van der Waals surface area contributed by atoms with Crippen LogP contribution in [0.15, 0.2) is 39.7 Å². The van der Waals surface area contributed by atoms with Crippen LogP contribution in [-0.2, 0) is 21.2 Å². The molecule has 0 fully saturated rings. The van der Waals surface area contributed by atoms with Crippen molar-refractivity contribution in [3.05, 3.63) is 51.5 Å². The molecule has 1 aliphatic rings. The van der Waals surface area contributed by atoms with Crippen molar-refractivity contribution in [2.45, 2.75) is 32.1 Å². The number of benzene rings is 2. The molecule has 0 unspecified atom stereocenters. The van der Waals surface area contributed by atoms with Crippen molar-refractivity contribution in [1.82, 2.24) is 0 Å². The Kier molecular flexibility index (Phi) is 4.64. The van der Waals surface area contributed by atoms with E-state index in [0.717, 1.165) is 26.9 Å². The lowest BCUT2D eigenvalue weighted by Crippen LogP contribution is -2.25. The van der Waals surface area contributed by atoms with Gasteiger partial charge in [-0.1, -0.05) is 15.9 Å². The Morgan fingerprint density at radius 1 is 1.16 bits per heavy atom. The predicted octanol–water partition coefficient (Wildman–Crippen LogP) is 3.78. The van der Waals surface area contributed by atoms with Gasteiger partial charge < -0.3 is 4.90 Å². The number of amides is 1. The first-order valence-electron chi connectivity index (χ1n) is 7.89. The maximum atomic E-state index is 12.8. The van der Waals surface area contributed by atoms with Crippen LogP contribution in [0.1, 0.15) is 23.6 Å². The second-order valence-electron chi connectivity index (χ2n) is 6.23. The monoisotopic (exact) mass is 422 g/mol. The smallest absolute Gasteiger partial charge is 0.261 e. The van der Waals surface area contributed by atoms with Crippen LogP contribution in [0.4, 0.5) is 11.4 Å². The Hall–Kier alpha value is -1.86. The first-order valence-corrected chi connectivity index (χ1v) is 10.2. The SMILES string of the molecule is CC(=O)N1CCc2cc(S(=O)(=O)Nc3cc(C)c(Br)cc3C)ccc21. The second kappa shape index (κ2) is 6.46. The van der Waals surface area contributed by atoms with E-state index in [1.165, 1.54) is 6.92 Å². The van der Waals surface area contributed by atoms with Gasteiger partial charge in [-0.3, -0.25) is 9.52 Å². The molecule has 0 saturated carbocycles. The third-order valence-electron chi connectivity index (χ3n) is 4.39. The van der Waals surface area contributed by atoms with Gasteiger partial charge in [0.25, 0.3) is 10.0 Å². The number of carbonyl (C=O) groups excluding carboxylic acids is 1. The summed E-state index contributed by atoms with van der Waals surface area (Å²) in [5, 5.41) is 0. The van der Waals surface area contributed by atoms with E-state index in [9.17, 15) is 13.2 Å². The number of hydrogen-bond acceptors (Lipinski definition) is 3. The predicted molar refractivity (Wildman–Crippen MR) is 103 cm³/mol. The van der Waals surface area contributed by atoms with Crippen LogP contribution in [0.3, 0.4) is 0 Å². The minimum Gasteiger partial charge on any atom is -0.312 e. The van der Waals surface area contributed by atoms with E-state index in [1.54, 1.807) is 23.1 Å². The fourth-order valence-electron chi connectivity index (χ4n) is 2.97. The van der Waals surface area contributed by atoms with Crippen LogP contribution in [0.25, 0.3) is 0 Å². The summed E-state index contributed by atoms with van der Waals surface area (Å²) in [6, 6.07) is 8.60. The molecule has 0 saturated heterocycles. The minimum absolute atomic E-state index is 0.0338. The molecular formula is C18H19BrN2O3S. The molecule has 2 aromatic carbocycles. The molecule has 0 aliphatic carbocycles. The maximum absolute atomic E-state index is 12.8. The molecule has 0 atom stereocenters. The van der Waals surface area contributed by atoms with Gasteiger partial charge in [-0.25, -0.2) is 8.42 Å². The Bertz CT molecular complexity index is 971. The summed E-state index contributed by atoms with van der Waals surface area (Å²) in [4.78, 5) is 13.5. The summed E-state index contributed by atoms with van der Waals surface area (Å²) in [7, 11) is -3.69. The number of rotatable bonds is 3. The number of sulfonamides is 1. The number of halogens is 1. The molecule has 1 amide bonds. The standard InChI is InChI=1S/C18H19BrN2O3S/c1-11-9-17(12(2)8-16(11)19)20-25(23,24)15-4-5-18-14(10-15)6-7-21(18)13(3)22/h4-5,8-10,20H,6-7H2,1-3H3. The first kappa shape index (κ1) is 17.9. The van der Waals surface area contributed by atoms with Crippen molar-refractivity contribution in [3.8, 4) is 0 Å². The zero-order chi connectivity index (χ0) is 18.4. The van der Waals surface area contributed by atoms with Crippen LogP contribution in [0.2, 0.25) is 0 Å². The quantitative estimate of drug-likeness (QED) is 0.817. The number of fused-ring (bicyclic) bond motifs is 1. The lowest BCUT2D eigenvalue weighted by atomic mass is 10.1. The number of nitrogens with zero attached hydrogens (tertiary/aromatic N) is 1. The summed E-state index contributed by atoms with van der Waals surface area (Å²) in [6.45, 7) is 5.87. The van der Waals surface area contributed by atoms with Gasteiger partial charge >= 0.3 is 0 Å². The normalized spacial score (nSPS) is 13.7. The molecule has 25 heavy (non-hydrogen) atoms. The summed E-state index contributed by atoms with van der Waals surface area (Å²) >= 11 is 3.45. The van der Waals surface area contributed by atoms with Crippen LogP contribution < -0.4 is 9.62 Å². The molecule has 0 bridgehead atoms. The maximum Gasteiger partial charge on any atom is 0.261 e. The number of hydrogen-bond donors (Lipinski definition) is 1. The Balaban J connectivity index is 1.94. The highest BCUT2D eigenvalue weighted by Gasteiger charge is 2.25.